The predicted molar refractivity (Wildman–Crippen MR) is 124 cm³/mol. The quantitative estimate of drug-likeness (QED) is 0.506. The van der Waals surface area contributed by atoms with Crippen molar-refractivity contribution in [3.05, 3.63) is 89.3 Å². The molecule has 5 rings (SSSR count). The molecule has 1 unspecified atom stereocenters. The first-order chi connectivity index (χ1) is 16.0. The molecule has 1 amide bonds. The molecule has 1 N–H and O–H groups in total. The molecule has 1 aliphatic rings. The Balaban J connectivity index is 1.43. The molecular formula is C25H25FN6O. The minimum atomic E-state index is -0.283. The number of amides is 1. The molecule has 1 fully saturated rings. The second-order valence-electron chi connectivity index (χ2n) is 8.40. The van der Waals surface area contributed by atoms with Gasteiger partial charge in [0.25, 0.3) is 5.91 Å². The van der Waals surface area contributed by atoms with Crippen LogP contribution in [0.1, 0.15) is 46.7 Å². The first-order valence-electron chi connectivity index (χ1n) is 11.1. The number of carbonyl (C=O) groups excluding carboxylic acids is 1. The van der Waals surface area contributed by atoms with Crippen LogP contribution < -0.4 is 10.2 Å². The smallest absolute Gasteiger partial charge is 0.270 e. The van der Waals surface area contributed by atoms with Crippen molar-refractivity contribution in [2.45, 2.75) is 38.8 Å². The SMILES string of the molecule is CCc1ccc(C(=O)NC2C[C@H](c3cccc(F)c3)N(c3ccc4ncc(C)n4n3)C2)nc1. The van der Waals surface area contributed by atoms with Crippen LogP contribution in [0.5, 0.6) is 0 Å². The number of hydrogen-bond acceptors (Lipinski definition) is 5. The molecule has 3 aromatic heterocycles. The van der Waals surface area contributed by atoms with E-state index in [4.69, 9.17) is 5.10 Å². The van der Waals surface area contributed by atoms with Crippen LogP contribution in [0.15, 0.2) is 60.9 Å². The maximum Gasteiger partial charge on any atom is 0.270 e. The first-order valence-corrected chi connectivity index (χ1v) is 11.1. The zero-order chi connectivity index (χ0) is 22.9. The predicted octanol–water partition coefficient (Wildman–Crippen LogP) is 3.88. The summed E-state index contributed by atoms with van der Waals surface area (Å²) in [5.74, 6) is 0.255. The first kappa shape index (κ1) is 21.1. The molecule has 0 saturated carbocycles. The van der Waals surface area contributed by atoms with Crippen LogP contribution >= 0.6 is 0 Å². The Labute approximate surface area is 191 Å². The van der Waals surface area contributed by atoms with Crippen LogP contribution in [0.2, 0.25) is 0 Å². The van der Waals surface area contributed by atoms with Gasteiger partial charge < -0.3 is 10.2 Å². The van der Waals surface area contributed by atoms with Gasteiger partial charge in [0, 0.05) is 18.8 Å². The molecule has 33 heavy (non-hydrogen) atoms. The lowest BCUT2D eigenvalue weighted by atomic mass is 10.0. The molecule has 0 radical (unpaired) electrons. The van der Waals surface area contributed by atoms with Gasteiger partial charge in [-0.15, -0.1) is 5.10 Å². The highest BCUT2D eigenvalue weighted by atomic mass is 19.1. The molecule has 0 bridgehead atoms. The van der Waals surface area contributed by atoms with Crippen LogP contribution in [0.3, 0.4) is 0 Å². The van der Waals surface area contributed by atoms with E-state index in [0.29, 0.717) is 18.7 Å². The third-order valence-electron chi connectivity index (χ3n) is 6.15. The Morgan fingerprint density at radius 3 is 2.79 bits per heavy atom. The average molecular weight is 445 g/mol. The number of hydrogen-bond donors (Lipinski definition) is 1. The largest absolute Gasteiger partial charge is 0.346 e. The Hall–Kier alpha value is -3.81. The van der Waals surface area contributed by atoms with Gasteiger partial charge in [0.15, 0.2) is 5.65 Å². The normalized spacial score (nSPS) is 18.1. The highest BCUT2D eigenvalue weighted by Gasteiger charge is 2.35. The third-order valence-corrected chi connectivity index (χ3v) is 6.15. The summed E-state index contributed by atoms with van der Waals surface area (Å²) in [6.07, 6.45) is 5.01. The monoisotopic (exact) mass is 444 g/mol. The van der Waals surface area contributed by atoms with E-state index in [-0.39, 0.29) is 23.8 Å². The minimum Gasteiger partial charge on any atom is -0.346 e. The number of rotatable bonds is 5. The van der Waals surface area contributed by atoms with Gasteiger partial charge in [-0.25, -0.2) is 13.9 Å². The van der Waals surface area contributed by atoms with Crippen LogP contribution in [0.25, 0.3) is 5.65 Å². The molecule has 4 heterocycles. The van der Waals surface area contributed by atoms with Crippen molar-refractivity contribution in [3.63, 3.8) is 0 Å². The van der Waals surface area contributed by atoms with Crippen LogP contribution in [-0.2, 0) is 6.42 Å². The molecule has 0 spiro atoms. The van der Waals surface area contributed by atoms with Gasteiger partial charge in [0.1, 0.15) is 17.3 Å². The number of halogens is 1. The zero-order valence-electron chi connectivity index (χ0n) is 18.6. The van der Waals surface area contributed by atoms with Crippen LogP contribution in [0.4, 0.5) is 10.2 Å². The summed E-state index contributed by atoms with van der Waals surface area (Å²) in [6.45, 7) is 4.55. The number of nitrogens with zero attached hydrogens (tertiary/aromatic N) is 5. The topological polar surface area (TPSA) is 75.4 Å². The standard InChI is InChI=1S/C25H25FN6O/c1-3-17-7-8-21(27-14-17)25(33)29-20-12-22(18-5-4-6-19(26)11-18)31(15-20)24-10-9-23-28-13-16(2)32(23)30-24/h4-11,13-14,20,22H,3,12,15H2,1-2H3,(H,29,33)/t20?,22-/m1/s1. The zero-order valence-corrected chi connectivity index (χ0v) is 18.6. The summed E-state index contributed by atoms with van der Waals surface area (Å²) in [7, 11) is 0. The Bertz CT molecular complexity index is 1300. The van der Waals surface area contributed by atoms with Gasteiger partial charge in [0.2, 0.25) is 0 Å². The van der Waals surface area contributed by atoms with Crippen LogP contribution in [0, 0.1) is 12.7 Å². The number of benzene rings is 1. The molecule has 1 aliphatic heterocycles. The summed E-state index contributed by atoms with van der Waals surface area (Å²) < 4.78 is 15.8. The number of carbonyl (C=O) groups is 1. The van der Waals surface area contributed by atoms with Crippen molar-refractivity contribution in [3.8, 4) is 0 Å². The number of fused-ring (bicyclic) bond motifs is 1. The van der Waals surface area contributed by atoms with E-state index in [1.165, 1.54) is 6.07 Å². The van der Waals surface area contributed by atoms with E-state index >= 15 is 0 Å². The molecule has 0 aliphatic carbocycles. The van der Waals surface area contributed by atoms with Gasteiger partial charge in [-0.1, -0.05) is 25.1 Å². The fraction of sp³-hybridized carbons (Fsp3) is 0.280. The van der Waals surface area contributed by atoms with E-state index in [9.17, 15) is 9.18 Å². The molecular weight excluding hydrogens is 419 g/mol. The fourth-order valence-corrected chi connectivity index (χ4v) is 4.38. The van der Waals surface area contributed by atoms with E-state index in [1.807, 2.05) is 38.1 Å². The lowest BCUT2D eigenvalue weighted by molar-refractivity contribution is 0.0935. The van der Waals surface area contributed by atoms with Gasteiger partial charge in [-0.3, -0.25) is 9.78 Å². The fourth-order valence-electron chi connectivity index (χ4n) is 4.38. The lowest BCUT2D eigenvalue weighted by Crippen LogP contribution is -2.37. The van der Waals surface area contributed by atoms with Crippen molar-refractivity contribution in [2.75, 3.05) is 11.4 Å². The molecule has 8 heteroatoms. The number of aromatic nitrogens is 4. The molecule has 1 aromatic carbocycles. The maximum atomic E-state index is 14.0. The number of pyridine rings is 1. The van der Waals surface area contributed by atoms with E-state index in [0.717, 1.165) is 34.7 Å². The van der Waals surface area contributed by atoms with Gasteiger partial charge >= 0.3 is 0 Å². The Morgan fingerprint density at radius 1 is 1.15 bits per heavy atom. The Morgan fingerprint density at radius 2 is 2.03 bits per heavy atom. The molecule has 7 nitrogen and oxygen atoms in total. The van der Waals surface area contributed by atoms with Gasteiger partial charge in [-0.2, -0.15) is 0 Å². The third kappa shape index (κ3) is 4.16. The highest BCUT2D eigenvalue weighted by molar-refractivity contribution is 5.92. The minimum absolute atomic E-state index is 0.129. The van der Waals surface area contributed by atoms with E-state index in [1.54, 1.807) is 35.1 Å². The number of anilines is 1. The molecule has 2 atom stereocenters. The maximum absolute atomic E-state index is 14.0. The summed E-state index contributed by atoms with van der Waals surface area (Å²) in [6, 6.07) is 13.9. The molecule has 1 saturated heterocycles. The van der Waals surface area contributed by atoms with Crippen LogP contribution in [-0.4, -0.2) is 38.1 Å². The second-order valence-corrected chi connectivity index (χ2v) is 8.40. The van der Waals surface area contributed by atoms with E-state index < -0.39 is 0 Å². The van der Waals surface area contributed by atoms with Crippen molar-refractivity contribution in [1.82, 2.24) is 24.9 Å². The lowest BCUT2D eigenvalue weighted by Gasteiger charge is -2.26. The van der Waals surface area contributed by atoms with E-state index in [2.05, 4.69) is 20.2 Å². The Kier molecular flexibility index (Phi) is 5.50. The number of aryl methyl sites for hydroxylation is 2. The van der Waals surface area contributed by atoms with Gasteiger partial charge in [-0.05, 0) is 61.2 Å². The number of nitrogens with one attached hydrogen (secondary N) is 1. The summed E-state index contributed by atoms with van der Waals surface area (Å²) in [4.78, 5) is 23.6. The second kappa shape index (κ2) is 8.61. The van der Waals surface area contributed by atoms with Crippen molar-refractivity contribution >= 4 is 17.4 Å². The average Bonchev–Trinajstić information content (AvgIpc) is 3.42. The summed E-state index contributed by atoms with van der Waals surface area (Å²) in [5, 5.41) is 7.87. The summed E-state index contributed by atoms with van der Waals surface area (Å²) >= 11 is 0. The molecule has 4 aromatic rings. The highest BCUT2D eigenvalue weighted by Crippen LogP contribution is 2.36. The van der Waals surface area contributed by atoms with Crippen molar-refractivity contribution < 1.29 is 9.18 Å². The summed E-state index contributed by atoms with van der Waals surface area (Å²) in [5.41, 5.74) is 4.02. The van der Waals surface area contributed by atoms with Crippen molar-refractivity contribution in [1.29, 1.82) is 0 Å². The van der Waals surface area contributed by atoms with Crippen molar-refractivity contribution in [2.24, 2.45) is 0 Å². The van der Waals surface area contributed by atoms with Gasteiger partial charge in [0.05, 0.1) is 17.9 Å². The number of imidazole rings is 1. The molecule has 168 valence electrons.